The second-order valence-electron chi connectivity index (χ2n) is 6.23. The minimum atomic E-state index is -0.742. The minimum Gasteiger partial charge on any atom is -0.463 e. The molecule has 152 valence electrons. The Hall–Kier alpha value is -3.36. The van der Waals surface area contributed by atoms with E-state index in [1.54, 1.807) is 31.2 Å². The number of halogens is 2. The molecule has 30 heavy (non-hydrogen) atoms. The van der Waals surface area contributed by atoms with E-state index in [4.69, 9.17) is 36.9 Å². The molecule has 10 heteroatoms. The summed E-state index contributed by atoms with van der Waals surface area (Å²) in [7, 11) is 0. The van der Waals surface area contributed by atoms with Crippen molar-refractivity contribution in [3.8, 4) is 11.5 Å². The van der Waals surface area contributed by atoms with Crippen LogP contribution in [0.3, 0.4) is 0 Å². The molecule has 0 unspecified atom stereocenters. The van der Waals surface area contributed by atoms with Gasteiger partial charge in [-0.3, -0.25) is 4.79 Å². The number of nitrogens with one attached hydrogen (secondary N) is 1. The number of aromatic nitrogens is 2. The molecule has 0 aliphatic carbocycles. The Morgan fingerprint density at radius 3 is 2.80 bits per heavy atom. The van der Waals surface area contributed by atoms with Gasteiger partial charge < -0.3 is 19.0 Å². The van der Waals surface area contributed by atoms with Crippen molar-refractivity contribution in [1.29, 1.82) is 0 Å². The average molecular weight is 446 g/mol. The molecule has 8 nitrogen and oxygen atoms in total. The molecular formula is C20H13Cl2N3O5. The van der Waals surface area contributed by atoms with Crippen molar-refractivity contribution in [2.24, 2.45) is 0 Å². The van der Waals surface area contributed by atoms with Crippen LogP contribution >= 0.6 is 23.2 Å². The summed E-state index contributed by atoms with van der Waals surface area (Å²) >= 11 is 11.9. The van der Waals surface area contributed by atoms with Gasteiger partial charge >= 0.3 is 5.97 Å². The third kappa shape index (κ3) is 4.00. The predicted octanol–water partition coefficient (Wildman–Crippen LogP) is 4.89. The van der Waals surface area contributed by atoms with Crippen LogP contribution in [0.25, 0.3) is 22.6 Å². The third-order valence-electron chi connectivity index (χ3n) is 4.15. The van der Waals surface area contributed by atoms with Gasteiger partial charge in [0.2, 0.25) is 0 Å². The fourth-order valence-electron chi connectivity index (χ4n) is 2.79. The lowest BCUT2D eigenvalue weighted by Gasteiger charge is -2.09. The normalized spacial score (nSPS) is 10.9. The Morgan fingerprint density at radius 1 is 1.20 bits per heavy atom. The van der Waals surface area contributed by atoms with Crippen molar-refractivity contribution in [3.63, 3.8) is 0 Å². The minimum absolute atomic E-state index is 0.152. The van der Waals surface area contributed by atoms with E-state index in [0.717, 1.165) is 0 Å². The first-order valence-corrected chi connectivity index (χ1v) is 9.41. The van der Waals surface area contributed by atoms with E-state index in [-0.39, 0.29) is 11.3 Å². The molecule has 0 fully saturated rings. The van der Waals surface area contributed by atoms with E-state index >= 15 is 0 Å². The highest BCUT2D eigenvalue weighted by molar-refractivity contribution is 6.35. The van der Waals surface area contributed by atoms with Gasteiger partial charge in [-0.05, 0) is 43.3 Å². The summed E-state index contributed by atoms with van der Waals surface area (Å²) in [6, 6.07) is 9.51. The first-order valence-electron chi connectivity index (χ1n) is 8.65. The monoisotopic (exact) mass is 445 g/mol. The Labute approximate surface area is 179 Å². The molecule has 0 atom stereocenters. The Kier molecular flexibility index (Phi) is 5.43. The van der Waals surface area contributed by atoms with Gasteiger partial charge in [-0.1, -0.05) is 28.4 Å². The van der Waals surface area contributed by atoms with Gasteiger partial charge in [-0.25, -0.2) is 9.78 Å². The molecule has 0 spiro atoms. The summed E-state index contributed by atoms with van der Waals surface area (Å²) in [5.74, 6) is -0.881. The Morgan fingerprint density at radius 2 is 2.03 bits per heavy atom. The maximum absolute atomic E-state index is 12.7. The molecule has 1 N–H and O–H groups in total. The first kappa shape index (κ1) is 19.9. The highest BCUT2D eigenvalue weighted by Crippen LogP contribution is 2.28. The van der Waals surface area contributed by atoms with Gasteiger partial charge in [0.05, 0.1) is 33.6 Å². The number of aryl methyl sites for hydroxylation is 1. The number of hydrogen-bond donors (Lipinski definition) is 1. The molecule has 0 radical (unpaired) electrons. The molecule has 0 saturated heterocycles. The standard InChI is InChI=1S/C20H13Cl2N3O5/c1-10-18-12(8-15(16-3-2-6-28-16)24-19(18)30-25-10)20(27)29-9-17(26)23-14-7-11(21)4-5-13(14)22/h2-8H,9H2,1H3,(H,23,26). The number of hydrogen-bond acceptors (Lipinski definition) is 7. The molecule has 0 bridgehead atoms. The maximum Gasteiger partial charge on any atom is 0.339 e. The lowest BCUT2D eigenvalue weighted by Crippen LogP contribution is -2.21. The van der Waals surface area contributed by atoms with E-state index < -0.39 is 18.5 Å². The second-order valence-corrected chi connectivity index (χ2v) is 7.07. The van der Waals surface area contributed by atoms with Crippen LogP contribution in [0.2, 0.25) is 10.0 Å². The molecule has 3 aromatic heterocycles. The van der Waals surface area contributed by atoms with Crippen molar-refractivity contribution in [2.45, 2.75) is 6.92 Å². The summed E-state index contributed by atoms with van der Waals surface area (Å²) < 4.78 is 15.7. The van der Waals surface area contributed by atoms with Crippen LogP contribution in [0.5, 0.6) is 0 Å². The molecule has 4 rings (SSSR count). The molecule has 4 aromatic rings. The van der Waals surface area contributed by atoms with E-state index in [1.807, 2.05) is 0 Å². The SMILES string of the molecule is Cc1noc2nc(-c3ccco3)cc(C(=O)OCC(=O)Nc3cc(Cl)ccc3Cl)c12. The molecule has 1 aromatic carbocycles. The van der Waals surface area contributed by atoms with E-state index in [1.165, 1.54) is 18.4 Å². The van der Waals surface area contributed by atoms with Gasteiger partial charge in [-0.2, -0.15) is 0 Å². The third-order valence-corrected chi connectivity index (χ3v) is 4.71. The summed E-state index contributed by atoms with van der Waals surface area (Å²) in [5.41, 5.74) is 1.45. The Balaban J connectivity index is 1.55. The van der Waals surface area contributed by atoms with Crippen molar-refractivity contribution in [1.82, 2.24) is 10.1 Å². The number of pyridine rings is 1. The van der Waals surface area contributed by atoms with Crippen molar-refractivity contribution >= 4 is 51.9 Å². The van der Waals surface area contributed by atoms with Gasteiger partial charge in [0.25, 0.3) is 11.6 Å². The van der Waals surface area contributed by atoms with E-state index in [9.17, 15) is 9.59 Å². The Bertz CT molecular complexity index is 1250. The number of amides is 1. The summed E-state index contributed by atoms with van der Waals surface area (Å²) in [6.45, 7) is 1.14. The molecule has 0 aliphatic heterocycles. The number of carbonyl (C=O) groups is 2. The average Bonchev–Trinajstić information content (AvgIpc) is 3.39. The molecule has 0 aliphatic rings. The van der Waals surface area contributed by atoms with E-state index in [2.05, 4.69) is 15.5 Å². The van der Waals surface area contributed by atoms with Crippen molar-refractivity contribution in [2.75, 3.05) is 11.9 Å². The van der Waals surface area contributed by atoms with Crippen LogP contribution in [0, 0.1) is 6.92 Å². The highest BCUT2D eigenvalue weighted by Gasteiger charge is 2.22. The first-order chi connectivity index (χ1) is 14.4. The zero-order valence-corrected chi connectivity index (χ0v) is 17.0. The number of rotatable bonds is 5. The number of nitrogens with zero attached hydrogens (tertiary/aromatic N) is 2. The number of ether oxygens (including phenoxy) is 1. The van der Waals surface area contributed by atoms with E-state index in [0.29, 0.717) is 38.3 Å². The van der Waals surface area contributed by atoms with Gasteiger partial charge in [0.1, 0.15) is 5.69 Å². The topological polar surface area (TPSA) is 107 Å². The fourth-order valence-corrected chi connectivity index (χ4v) is 3.13. The smallest absolute Gasteiger partial charge is 0.339 e. The number of furan rings is 1. The lowest BCUT2D eigenvalue weighted by atomic mass is 10.1. The maximum atomic E-state index is 12.7. The quantitative estimate of drug-likeness (QED) is 0.435. The lowest BCUT2D eigenvalue weighted by molar-refractivity contribution is -0.119. The number of carbonyl (C=O) groups excluding carboxylic acids is 2. The van der Waals surface area contributed by atoms with Crippen LogP contribution in [-0.4, -0.2) is 28.6 Å². The summed E-state index contributed by atoms with van der Waals surface area (Å²) in [5, 5.41) is 7.50. The largest absolute Gasteiger partial charge is 0.463 e. The second kappa shape index (κ2) is 8.17. The van der Waals surface area contributed by atoms with Crippen molar-refractivity contribution in [3.05, 3.63) is 64.0 Å². The van der Waals surface area contributed by atoms with Crippen molar-refractivity contribution < 1.29 is 23.3 Å². The number of benzene rings is 1. The van der Waals surface area contributed by atoms with Crippen LogP contribution in [0.1, 0.15) is 16.1 Å². The summed E-state index contributed by atoms with van der Waals surface area (Å²) in [6.07, 6.45) is 1.48. The number of fused-ring (bicyclic) bond motifs is 1. The zero-order valence-electron chi connectivity index (χ0n) is 15.4. The molecule has 0 saturated carbocycles. The van der Waals surface area contributed by atoms with Gasteiger partial charge in [0, 0.05) is 5.02 Å². The van der Waals surface area contributed by atoms with Crippen LogP contribution in [-0.2, 0) is 9.53 Å². The van der Waals surface area contributed by atoms with Gasteiger partial charge in [0.15, 0.2) is 12.4 Å². The molecular weight excluding hydrogens is 433 g/mol. The highest BCUT2D eigenvalue weighted by atomic mass is 35.5. The molecule has 1 amide bonds. The predicted molar refractivity (Wildman–Crippen MR) is 110 cm³/mol. The number of anilines is 1. The fraction of sp³-hybridized carbons (Fsp3) is 0.100. The zero-order chi connectivity index (χ0) is 21.3. The van der Waals surface area contributed by atoms with Crippen LogP contribution < -0.4 is 5.32 Å². The summed E-state index contributed by atoms with van der Waals surface area (Å²) in [4.78, 5) is 29.2. The van der Waals surface area contributed by atoms with Crippen LogP contribution in [0.4, 0.5) is 5.69 Å². The van der Waals surface area contributed by atoms with Crippen LogP contribution in [0.15, 0.2) is 51.6 Å². The van der Waals surface area contributed by atoms with Gasteiger partial charge in [-0.15, -0.1) is 0 Å². The number of esters is 1. The molecule has 3 heterocycles.